The van der Waals surface area contributed by atoms with Crippen LogP contribution in [0.2, 0.25) is 0 Å². The number of benzene rings is 2. The van der Waals surface area contributed by atoms with E-state index >= 15 is 0 Å². The number of rotatable bonds is 7. The van der Waals surface area contributed by atoms with Crippen LogP contribution in [0.3, 0.4) is 0 Å². The van der Waals surface area contributed by atoms with E-state index in [2.05, 4.69) is 20.7 Å². The first-order valence-corrected chi connectivity index (χ1v) is 9.66. The van der Waals surface area contributed by atoms with Crippen molar-refractivity contribution in [2.75, 3.05) is 27.7 Å². The van der Waals surface area contributed by atoms with Gasteiger partial charge < -0.3 is 9.64 Å². The Labute approximate surface area is 164 Å². The lowest BCUT2D eigenvalue weighted by molar-refractivity contribution is 0.299. The first-order chi connectivity index (χ1) is 11.3. The molecule has 0 saturated heterocycles. The smallest absolute Gasteiger partial charge is 0.240 e. The molecule has 8 heteroatoms. The predicted molar refractivity (Wildman–Crippen MR) is 106 cm³/mol. The number of ether oxygens (including phenoxy) is 1. The molecule has 1 atom stereocenters. The molecule has 0 aliphatic heterocycles. The fourth-order valence-corrected chi connectivity index (χ4v) is 3.97. The summed E-state index contributed by atoms with van der Waals surface area (Å²) in [6.07, 6.45) is 0. The van der Waals surface area contributed by atoms with Crippen molar-refractivity contribution in [3.63, 3.8) is 0 Å². The van der Waals surface area contributed by atoms with E-state index in [1.807, 2.05) is 43.3 Å². The van der Waals surface area contributed by atoms with Crippen LogP contribution in [0, 0.1) is 0 Å². The summed E-state index contributed by atoms with van der Waals surface area (Å²) < 4.78 is 33.5. The minimum Gasteiger partial charge on any atom is -0.497 e. The summed E-state index contributed by atoms with van der Waals surface area (Å²) in [4.78, 5) is 2.22. The molecule has 2 aromatic rings. The summed E-state index contributed by atoms with van der Waals surface area (Å²) in [5.74, 6) is 0.769. The summed E-state index contributed by atoms with van der Waals surface area (Å²) in [6, 6.07) is 14.2. The normalized spacial score (nSPS) is 12.5. The van der Waals surface area contributed by atoms with Crippen LogP contribution < -0.4 is 9.46 Å². The van der Waals surface area contributed by atoms with Crippen LogP contribution >= 0.6 is 28.3 Å². The van der Waals surface area contributed by atoms with Crippen LogP contribution in [0.15, 0.2) is 57.9 Å². The van der Waals surface area contributed by atoms with Gasteiger partial charge in [0.15, 0.2) is 0 Å². The Morgan fingerprint density at radius 1 is 1.16 bits per heavy atom. The average Bonchev–Trinajstić information content (AvgIpc) is 2.55. The van der Waals surface area contributed by atoms with Crippen LogP contribution in [0.1, 0.15) is 11.6 Å². The van der Waals surface area contributed by atoms with Gasteiger partial charge >= 0.3 is 0 Å². The topological polar surface area (TPSA) is 58.6 Å². The maximum Gasteiger partial charge on any atom is 0.240 e. The minimum atomic E-state index is -3.56. The van der Waals surface area contributed by atoms with Gasteiger partial charge in [-0.1, -0.05) is 34.1 Å². The molecule has 0 saturated carbocycles. The van der Waals surface area contributed by atoms with Gasteiger partial charge in [0.05, 0.1) is 12.0 Å². The fourth-order valence-electron chi connectivity index (χ4n) is 2.33. The molecule has 0 aromatic heterocycles. The van der Waals surface area contributed by atoms with Crippen molar-refractivity contribution in [2.24, 2.45) is 0 Å². The van der Waals surface area contributed by atoms with E-state index in [-0.39, 0.29) is 29.9 Å². The van der Waals surface area contributed by atoms with E-state index < -0.39 is 10.0 Å². The Morgan fingerprint density at radius 3 is 2.32 bits per heavy atom. The number of hydrogen-bond acceptors (Lipinski definition) is 4. The van der Waals surface area contributed by atoms with Crippen LogP contribution in [-0.4, -0.2) is 41.1 Å². The van der Waals surface area contributed by atoms with Gasteiger partial charge in [0.25, 0.3) is 0 Å². The molecular formula is C17H22BrClN2O3S. The molecule has 1 N–H and O–H groups in total. The van der Waals surface area contributed by atoms with Gasteiger partial charge in [-0.05, 0) is 50.0 Å². The molecule has 0 aliphatic carbocycles. The summed E-state index contributed by atoms with van der Waals surface area (Å²) in [5.41, 5.74) is 1.01. The Hall–Kier alpha value is -1.12. The molecule has 25 heavy (non-hydrogen) atoms. The molecule has 5 nitrogen and oxygen atoms in total. The van der Waals surface area contributed by atoms with Crippen molar-refractivity contribution in [3.8, 4) is 5.75 Å². The first kappa shape index (κ1) is 21.9. The number of likely N-dealkylation sites (N-methyl/N-ethyl adjacent to an activating group) is 1. The lowest BCUT2D eigenvalue weighted by Crippen LogP contribution is -2.34. The SMILES string of the molecule is COc1ccc(C(CNS(=O)(=O)c2cccc(Br)c2)N(C)C)cc1.Cl. The Bertz CT molecular complexity index is 783. The van der Waals surface area contributed by atoms with Gasteiger partial charge in [-0.3, -0.25) is 0 Å². The second-order valence-electron chi connectivity index (χ2n) is 5.56. The molecule has 0 spiro atoms. The highest BCUT2D eigenvalue weighted by atomic mass is 79.9. The van der Waals surface area contributed by atoms with Crippen LogP contribution in [0.5, 0.6) is 5.75 Å². The number of halogens is 2. The molecule has 0 aliphatic rings. The largest absolute Gasteiger partial charge is 0.497 e. The second-order valence-corrected chi connectivity index (χ2v) is 8.24. The second kappa shape index (κ2) is 9.54. The Balaban J connectivity index is 0.00000312. The standard InChI is InChI=1S/C17H21BrN2O3S.ClH/c1-20(2)17(13-7-9-15(23-3)10-8-13)12-19-24(21,22)16-6-4-5-14(18)11-16;/h4-11,17,19H,12H2,1-3H3;1H. The third kappa shape index (κ3) is 5.97. The molecule has 0 radical (unpaired) electrons. The van der Waals surface area contributed by atoms with E-state index in [9.17, 15) is 8.42 Å². The van der Waals surface area contributed by atoms with E-state index in [4.69, 9.17) is 4.74 Å². The van der Waals surface area contributed by atoms with Gasteiger partial charge in [-0.25, -0.2) is 13.1 Å². The first-order valence-electron chi connectivity index (χ1n) is 7.39. The van der Waals surface area contributed by atoms with Gasteiger partial charge in [0, 0.05) is 17.1 Å². The molecule has 0 heterocycles. The number of methoxy groups -OCH3 is 1. The highest BCUT2D eigenvalue weighted by Gasteiger charge is 2.20. The minimum absolute atomic E-state index is 0. The molecular weight excluding hydrogens is 428 g/mol. The molecule has 0 fully saturated rings. The molecule has 1 unspecified atom stereocenters. The predicted octanol–water partition coefficient (Wildman–Crippen LogP) is 3.46. The number of sulfonamides is 1. The van der Waals surface area contributed by atoms with Crippen molar-refractivity contribution in [2.45, 2.75) is 10.9 Å². The summed E-state index contributed by atoms with van der Waals surface area (Å²) >= 11 is 3.30. The highest BCUT2D eigenvalue weighted by molar-refractivity contribution is 9.10. The molecule has 138 valence electrons. The van der Waals surface area contributed by atoms with E-state index in [0.717, 1.165) is 15.8 Å². The van der Waals surface area contributed by atoms with Gasteiger partial charge in [-0.15, -0.1) is 12.4 Å². The molecule has 0 bridgehead atoms. The van der Waals surface area contributed by atoms with E-state index in [1.54, 1.807) is 31.4 Å². The zero-order valence-electron chi connectivity index (χ0n) is 14.3. The third-order valence-corrected chi connectivity index (χ3v) is 5.61. The van der Waals surface area contributed by atoms with Crippen molar-refractivity contribution >= 4 is 38.4 Å². The van der Waals surface area contributed by atoms with Crippen LogP contribution in [0.4, 0.5) is 0 Å². The summed E-state index contributed by atoms with van der Waals surface area (Å²) in [5, 5.41) is 0. The maximum atomic E-state index is 12.5. The highest BCUT2D eigenvalue weighted by Crippen LogP contribution is 2.22. The monoisotopic (exact) mass is 448 g/mol. The molecule has 2 rings (SSSR count). The van der Waals surface area contributed by atoms with E-state index in [1.165, 1.54) is 0 Å². The Kier molecular flexibility index (Phi) is 8.37. The Morgan fingerprint density at radius 2 is 1.80 bits per heavy atom. The van der Waals surface area contributed by atoms with Gasteiger partial charge in [0.1, 0.15) is 5.75 Å². The van der Waals surface area contributed by atoms with Crippen molar-refractivity contribution < 1.29 is 13.2 Å². The molecule has 0 amide bonds. The van der Waals surface area contributed by atoms with Crippen molar-refractivity contribution in [1.29, 1.82) is 0 Å². The van der Waals surface area contributed by atoms with Crippen LogP contribution in [0.25, 0.3) is 0 Å². The lowest BCUT2D eigenvalue weighted by Gasteiger charge is -2.25. The summed E-state index contributed by atoms with van der Waals surface area (Å²) in [6.45, 7) is 0.272. The van der Waals surface area contributed by atoms with Gasteiger partial charge in [0.2, 0.25) is 10.0 Å². The lowest BCUT2D eigenvalue weighted by atomic mass is 10.1. The maximum absolute atomic E-state index is 12.5. The van der Waals surface area contributed by atoms with Crippen LogP contribution in [-0.2, 0) is 10.0 Å². The van der Waals surface area contributed by atoms with Gasteiger partial charge in [-0.2, -0.15) is 0 Å². The molecule has 2 aromatic carbocycles. The number of hydrogen-bond donors (Lipinski definition) is 1. The average molecular weight is 450 g/mol. The van der Waals surface area contributed by atoms with Crippen molar-refractivity contribution in [1.82, 2.24) is 9.62 Å². The van der Waals surface area contributed by atoms with Crippen molar-refractivity contribution in [3.05, 3.63) is 58.6 Å². The quantitative estimate of drug-likeness (QED) is 0.703. The van der Waals surface area contributed by atoms with E-state index in [0.29, 0.717) is 0 Å². The summed E-state index contributed by atoms with van der Waals surface area (Å²) in [7, 11) is 1.89. The fraction of sp³-hybridized carbons (Fsp3) is 0.294. The zero-order chi connectivity index (χ0) is 17.7. The number of nitrogens with one attached hydrogen (secondary N) is 1. The number of nitrogens with zero attached hydrogens (tertiary/aromatic N) is 1. The third-order valence-electron chi connectivity index (χ3n) is 3.70. The zero-order valence-corrected chi connectivity index (χ0v) is 17.5.